The minimum Gasteiger partial charge on any atom is -0.565 e. The van der Waals surface area contributed by atoms with Gasteiger partial charge in [-0.05, 0) is 105 Å². The van der Waals surface area contributed by atoms with Crippen LogP contribution in [0.5, 0.6) is 0 Å². The van der Waals surface area contributed by atoms with Gasteiger partial charge in [-0.1, -0.05) is 99.9 Å². The van der Waals surface area contributed by atoms with E-state index in [1.165, 1.54) is 20.9 Å². The molecule has 0 atom stereocenters. The van der Waals surface area contributed by atoms with Gasteiger partial charge in [0.2, 0.25) is 11.9 Å². The highest BCUT2D eigenvalue weighted by molar-refractivity contribution is 14.1. The molecular weight excluding hydrogens is 1200 g/mol. The van der Waals surface area contributed by atoms with E-state index in [0.717, 1.165) is 54.4 Å². The highest BCUT2D eigenvalue weighted by Gasteiger charge is 2.24. The van der Waals surface area contributed by atoms with Crippen LogP contribution >= 0.6 is 22.6 Å². The van der Waals surface area contributed by atoms with Gasteiger partial charge in [-0.15, -0.1) is 17.5 Å². The molecule has 0 saturated heterocycles. The Morgan fingerprint density at radius 3 is 1.71 bits per heavy atom. The van der Waals surface area contributed by atoms with E-state index in [9.17, 15) is 14.4 Å². The van der Waals surface area contributed by atoms with Gasteiger partial charge in [0.15, 0.2) is 0 Å². The lowest BCUT2D eigenvalue weighted by molar-refractivity contribution is -0.275. The monoisotopic (exact) mass is 1270 g/mol. The van der Waals surface area contributed by atoms with Gasteiger partial charge in [0.05, 0.1) is 28.1 Å². The fourth-order valence-electron chi connectivity index (χ4n) is 6.93. The number of aromatic amines is 1. The van der Waals surface area contributed by atoms with Crippen molar-refractivity contribution in [2.45, 2.75) is 105 Å². The molecule has 9 rings (SSSR count). The number of nitrogens with one attached hydrogen (secondary N) is 2. The zero-order chi connectivity index (χ0) is 61.7. The van der Waals surface area contributed by atoms with Crippen molar-refractivity contribution in [3.05, 3.63) is 173 Å². The zero-order valence-corrected chi connectivity index (χ0v) is 52.9. The van der Waals surface area contributed by atoms with Crippen LogP contribution in [0.3, 0.4) is 0 Å². The van der Waals surface area contributed by atoms with Gasteiger partial charge < -0.3 is 35.2 Å². The van der Waals surface area contributed by atoms with Crippen LogP contribution < -0.4 is 10.8 Å². The first-order valence-electron chi connectivity index (χ1n) is 26.0. The second kappa shape index (κ2) is 30.3. The topological polar surface area (TPSA) is 270 Å². The number of pyridine rings is 3. The number of H-pyrrole nitrogens is 1. The van der Waals surface area contributed by atoms with Crippen LogP contribution in [0.25, 0.3) is 44.0 Å². The van der Waals surface area contributed by atoms with E-state index in [4.69, 9.17) is 47.0 Å². The number of benzene rings is 2. The van der Waals surface area contributed by atoms with Crippen molar-refractivity contribution < 1.29 is 38.9 Å². The summed E-state index contributed by atoms with van der Waals surface area (Å²) in [6, 6.07) is 27.4. The number of ether oxygens (including phenoxy) is 2. The number of halogens is 1. The lowest BCUT2D eigenvalue weighted by Crippen LogP contribution is -2.26. The number of Topliss-reactive ketones (excluding diaryl/α,β-unsaturated/α-hetero) is 1. The highest BCUT2D eigenvalue weighted by Crippen LogP contribution is 2.27. The van der Waals surface area contributed by atoms with Crippen LogP contribution in [0, 0.1) is 32.4 Å². The van der Waals surface area contributed by atoms with Gasteiger partial charge in [0, 0.05) is 106 Å². The Balaban J connectivity index is 0.000000232. The summed E-state index contributed by atoms with van der Waals surface area (Å²) in [4.78, 5) is 70.0. The number of nitrogens with zero attached hydrogens (tertiary/aromatic N) is 7. The summed E-state index contributed by atoms with van der Waals surface area (Å²) >= 11 is 2.18. The second-order valence-corrected chi connectivity index (χ2v) is 33.0. The van der Waals surface area contributed by atoms with Gasteiger partial charge in [-0.25, -0.2) is 19.6 Å². The maximum atomic E-state index is 12.5. The third kappa shape index (κ3) is 23.3. The molecule has 0 bridgehead atoms. The Kier molecular flexibility index (Phi) is 24.4. The fraction of sp³-hybridized carbons (Fsp3) is 0.258. The van der Waals surface area contributed by atoms with Crippen molar-refractivity contribution >= 4 is 101 Å². The van der Waals surface area contributed by atoms with Crippen molar-refractivity contribution in [3.8, 4) is 34.7 Å². The number of ketones is 1. The van der Waals surface area contributed by atoms with Gasteiger partial charge in [-0.2, -0.15) is 0 Å². The number of aromatic nitrogens is 8. The minimum atomic E-state index is -2.08. The lowest BCUT2D eigenvalue weighted by Gasteiger charge is -2.19. The van der Waals surface area contributed by atoms with Crippen molar-refractivity contribution in [2.75, 3.05) is 0 Å². The predicted octanol–water partition coefficient (Wildman–Crippen LogP) is 12.5. The largest absolute Gasteiger partial charge is 0.565 e. The first-order chi connectivity index (χ1) is 38.8. The average Bonchev–Trinajstić information content (AvgIpc) is 4.34. The zero-order valence-electron chi connectivity index (χ0n) is 48.7. The fourth-order valence-corrected chi connectivity index (χ4v) is 8.11. The van der Waals surface area contributed by atoms with Crippen molar-refractivity contribution in [3.63, 3.8) is 0 Å². The molecule has 0 unspecified atom stereocenters. The van der Waals surface area contributed by atoms with Crippen LogP contribution in [0.1, 0.15) is 68.9 Å². The number of hydrogen-bond acceptors (Lipinski definition) is 13. The van der Waals surface area contributed by atoms with Crippen LogP contribution in [0.15, 0.2) is 147 Å². The second-order valence-electron chi connectivity index (χ2n) is 22.3. The molecule has 0 fully saturated rings. The molecule has 7 aromatic heterocycles. The van der Waals surface area contributed by atoms with Crippen LogP contribution in [-0.4, -0.2) is 101 Å². The molecule has 0 spiro atoms. The molecule has 0 aliphatic carbocycles. The quantitative estimate of drug-likeness (QED) is 0.0301. The van der Waals surface area contributed by atoms with Crippen LogP contribution in [0.4, 0.5) is 14.4 Å². The Morgan fingerprint density at radius 2 is 1.20 bits per heavy atom. The van der Waals surface area contributed by atoms with Gasteiger partial charge >= 0.3 is 12.2 Å². The molecule has 0 radical (unpaired) electrons. The third-order valence-corrected chi connectivity index (χ3v) is 13.1. The number of amidine groups is 1. The summed E-state index contributed by atoms with van der Waals surface area (Å²) in [6.07, 6.45) is 20.7. The number of carboxylic acid groups (broad SMARTS) is 2. The van der Waals surface area contributed by atoms with Gasteiger partial charge in [-0.3, -0.25) is 34.3 Å². The number of hydrogen-bond donors (Lipinski definition) is 4. The van der Waals surface area contributed by atoms with Crippen LogP contribution in [-0.2, 0) is 22.3 Å². The van der Waals surface area contributed by atoms with Gasteiger partial charge in [0.1, 0.15) is 33.2 Å². The molecule has 9 aromatic rings. The average molecular weight is 1270 g/mol. The van der Waals surface area contributed by atoms with E-state index in [0.29, 0.717) is 22.9 Å². The summed E-state index contributed by atoms with van der Waals surface area (Å²) in [5.41, 5.74) is 17.0. The Morgan fingerprint density at radius 1 is 0.723 bits per heavy atom. The van der Waals surface area contributed by atoms with Gasteiger partial charge in [0.25, 0.3) is 0 Å². The maximum absolute atomic E-state index is 12.5. The Bertz CT molecular complexity index is 3760. The summed E-state index contributed by atoms with van der Waals surface area (Å²) < 4.78 is 14.6. The van der Waals surface area contributed by atoms with E-state index in [-0.39, 0.29) is 17.7 Å². The number of carbonyl (C=O) groups is 4. The molecule has 0 aliphatic heterocycles. The lowest BCUT2D eigenvalue weighted by atomic mass is 10.1. The summed E-state index contributed by atoms with van der Waals surface area (Å²) in [6.45, 7) is 23.6. The summed E-state index contributed by atoms with van der Waals surface area (Å²) in [5, 5.41) is 24.9. The first-order valence-corrected chi connectivity index (χ1v) is 34.0. The normalized spacial score (nSPS) is 10.8. The number of nitrogens with two attached hydrogens (primary N) is 1. The molecule has 0 saturated carbocycles. The Labute approximate surface area is 500 Å². The summed E-state index contributed by atoms with van der Waals surface area (Å²) in [7, 11) is -2.77. The number of fused-ring (bicyclic) bond motifs is 3. The minimum absolute atomic E-state index is 0.214. The SMILES string of the molecule is C#C[Si](C)(C)C.CC(C)(C)OC(=O)n1cc(C(=O)C#C[Si](C)(C)C)c2cnccc21.CC(C)(C)OC(=O)n1cc(I)c2cnccc21.N=C(N)Cc1ccccc1.O=C([O-])O.c1ccc(Cc2nccc(-c3c[nH]c4ccncc34)n2)cc1. The number of terminal acetylenes is 1. The third-order valence-electron chi connectivity index (χ3n) is 10.5. The van der Waals surface area contributed by atoms with Crippen LogP contribution in [0.2, 0.25) is 39.3 Å². The van der Waals surface area contributed by atoms with E-state index in [1.807, 2.05) is 100 Å². The molecule has 2 aromatic carbocycles. The Hall–Kier alpha value is -8.78. The van der Waals surface area contributed by atoms with E-state index >= 15 is 0 Å². The van der Waals surface area contributed by atoms with E-state index in [2.05, 4.69) is 116 Å². The van der Waals surface area contributed by atoms with Crippen molar-refractivity contribution in [1.82, 2.24) is 39.0 Å². The molecule has 7 heterocycles. The van der Waals surface area contributed by atoms with E-state index < -0.39 is 39.6 Å². The molecule has 0 amide bonds. The molecular formula is C62H70IN10O8Si2-. The molecule has 21 heteroatoms. The standard InChI is InChI=1S/C18H14N4.C18H22N2O3Si.C12H13IN2O2.C8H10N2.C5H10Si.CH2O3/c1-2-4-13(5-3-1)10-18-20-9-7-17(22-18)15-12-21-16-6-8-19-11-14(15)16;1-18(2,3)23-17(22)20-12-14(13-11-19-9-7-15(13)20)16(21)8-10-24(4,5)6;1-12(2,3)17-11(16)15-7-9(13)8-6-14-5-4-10(8)15;9-8(10)6-7-4-2-1-3-5-7;1-5-6(2,3)4;2-1(3)4/h1-9,11-12,21H,10H2;7,9,11-12H,1-6H3;4-7H,1-3H3;1-5H,6H2,(H3,9,10);1H,2-4H3;(H2,2,3,4)/p-1. The predicted molar refractivity (Wildman–Crippen MR) is 340 cm³/mol. The first kappa shape index (κ1) is 66.7. The van der Waals surface area contributed by atoms with Crippen molar-refractivity contribution in [1.29, 1.82) is 5.41 Å². The van der Waals surface area contributed by atoms with E-state index in [1.54, 1.807) is 70.1 Å². The number of carbonyl (C=O) groups excluding carboxylic acids is 3. The smallest absolute Gasteiger partial charge is 0.419 e. The molecule has 0 aliphatic rings. The highest BCUT2D eigenvalue weighted by atomic mass is 127. The molecule has 18 nitrogen and oxygen atoms in total. The molecule has 83 heavy (non-hydrogen) atoms. The van der Waals surface area contributed by atoms with Crippen molar-refractivity contribution in [2.24, 2.45) is 5.73 Å². The molecule has 432 valence electrons. The summed E-state index contributed by atoms with van der Waals surface area (Å²) in [5.74, 6) is 3.44. The maximum Gasteiger partial charge on any atom is 0.419 e. The number of rotatable bonds is 6. The molecule has 5 N–H and O–H groups in total.